The number of hydrogen-bond donors (Lipinski definition) is 2. The van der Waals surface area contributed by atoms with Crippen LogP contribution in [0.25, 0.3) is 0 Å². The minimum atomic E-state index is 0.0931. The molecule has 0 spiro atoms. The van der Waals surface area contributed by atoms with Gasteiger partial charge in [-0.25, -0.2) is 4.98 Å². The third-order valence-corrected chi connectivity index (χ3v) is 4.80. The van der Waals surface area contributed by atoms with Crippen LogP contribution >= 0.6 is 11.3 Å². The summed E-state index contributed by atoms with van der Waals surface area (Å²) in [6.07, 6.45) is 6.28. The van der Waals surface area contributed by atoms with Crippen molar-refractivity contribution in [1.82, 2.24) is 9.88 Å². The van der Waals surface area contributed by atoms with Gasteiger partial charge < -0.3 is 15.4 Å². The number of thiazole rings is 1. The summed E-state index contributed by atoms with van der Waals surface area (Å²) in [6, 6.07) is 0. The standard InChI is InChI=1S/C14H24N4OS/c1-19-10-11-13(14(15)16)20-12(17-11)6-9-18-7-4-2-3-5-8-18/h2-10H2,1H3,(H3,15,16). The molecule has 1 aromatic heterocycles. The molecule has 1 saturated heterocycles. The minimum Gasteiger partial charge on any atom is -0.383 e. The van der Waals surface area contributed by atoms with E-state index in [1.54, 1.807) is 7.11 Å². The zero-order valence-corrected chi connectivity index (χ0v) is 13.0. The second-order valence-corrected chi connectivity index (χ2v) is 6.32. The summed E-state index contributed by atoms with van der Waals surface area (Å²) in [5.41, 5.74) is 6.41. The van der Waals surface area contributed by atoms with Crippen molar-refractivity contribution in [2.45, 2.75) is 38.7 Å². The van der Waals surface area contributed by atoms with Crippen LogP contribution in [0, 0.1) is 5.41 Å². The predicted octanol–water partition coefficient (Wildman–Crippen LogP) is 1.99. The molecule has 6 heteroatoms. The third-order valence-electron chi connectivity index (χ3n) is 3.61. The van der Waals surface area contributed by atoms with Crippen LogP contribution in [0.5, 0.6) is 0 Å². The SMILES string of the molecule is COCc1nc(CCN2CCCCCC2)sc1C(=N)N. The molecule has 3 N–H and O–H groups in total. The van der Waals surface area contributed by atoms with Crippen LogP contribution in [0.2, 0.25) is 0 Å². The quantitative estimate of drug-likeness (QED) is 0.622. The highest BCUT2D eigenvalue weighted by Gasteiger charge is 2.15. The molecule has 0 aliphatic carbocycles. The number of nitrogens with one attached hydrogen (secondary N) is 1. The maximum absolute atomic E-state index is 7.61. The zero-order chi connectivity index (χ0) is 14.4. The predicted molar refractivity (Wildman–Crippen MR) is 82.5 cm³/mol. The van der Waals surface area contributed by atoms with Gasteiger partial charge in [-0.15, -0.1) is 11.3 Å². The van der Waals surface area contributed by atoms with Crippen molar-refractivity contribution in [3.05, 3.63) is 15.6 Å². The Kier molecular flexibility index (Phi) is 5.94. The lowest BCUT2D eigenvalue weighted by molar-refractivity contribution is 0.181. The molecule has 20 heavy (non-hydrogen) atoms. The Morgan fingerprint density at radius 3 is 2.65 bits per heavy atom. The Bertz CT molecular complexity index is 438. The molecule has 1 aromatic rings. The highest BCUT2D eigenvalue weighted by molar-refractivity contribution is 7.13. The van der Waals surface area contributed by atoms with Crippen molar-refractivity contribution in [3.63, 3.8) is 0 Å². The van der Waals surface area contributed by atoms with Gasteiger partial charge in [0.2, 0.25) is 0 Å². The van der Waals surface area contributed by atoms with Gasteiger partial charge in [-0.05, 0) is 25.9 Å². The van der Waals surface area contributed by atoms with E-state index in [0.29, 0.717) is 6.61 Å². The molecular formula is C14H24N4OS. The van der Waals surface area contributed by atoms with Gasteiger partial charge >= 0.3 is 0 Å². The Labute approximate surface area is 124 Å². The average Bonchev–Trinajstić information content (AvgIpc) is 2.66. The normalized spacial score (nSPS) is 17.1. The maximum Gasteiger partial charge on any atom is 0.135 e. The summed E-state index contributed by atoms with van der Waals surface area (Å²) in [5, 5.41) is 8.67. The van der Waals surface area contributed by atoms with Crippen molar-refractivity contribution >= 4 is 17.2 Å². The van der Waals surface area contributed by atoms with Gasteiger partial charge in [-0.2, -0.15) is 0 Å². The number of ether oxygens (including phenoxy) is 1. The molecule has 0 bridgehead atoms. The summed E-state index contributed by atoms with van der Waals surface area (Å²) in [6.45, 7) is 3.89. The summed E-state index contributed by atoms with van der Waals surface area (Å²) in [5.74, 6) is 0.0931. The Hall–Kier alpha value is -0.980. The monoisotopic (exact) mass is 296 g/mol. The molecule has 0 saturated carbocycles. The van der Waals surface area contributed by atoms with Gasteiger partial charge in [0.1, 0.15) is 5.84 Å². The van der Waals surface area contributed by atoms with Crippen LogP contribution in [0.15, 0.2) is 0 Å². The van der Waals surface area contributed by atoms with E-state index in [1.165, 1.54) is 50.1 Å². The molecule has 0 atom stereocenters. The first-order valence-electron chi connectivity index (χ1n) is 7.25. The third kappa shape index (κ3) is 4.26. The maximum atomic E-state index is 7.61. The molecular weight excluding hydrogens is 272 g/mol. The number of aromatic nitrogens is 1. The van der Waals surface area contributed by atoms with Crippen molar-refractivity contribution in [2.75, 3.05) is 26.7 Å². The van der Waals surface area contributed by atoms with E-state index in [1.807, 2.05) is 0 Å². The minimum absolute atomic E-state index is 0.0931. The van der Waals surface area contributed by atoms with Crippen LogP contribution in [-0.2, 0) is 17.8 Å². The van der Waals surface area contributed by atoms with Gasteiger partial charge in [-0.1, -0.05) is 12.8 Å². The number of methoxy groups -OCH3 is 1. The van der Waals surface area contributed by atoms with Crippen molar-refractivity contribution in [2.24, 2.45) is 5.73 Å². The number of hydrogen-bond acceptors (Lipinski definition) is 5. The molecule has 1 fully saturated rings. The van der Waals surface area contributed by atoms with Crippen molar-refractivity contribution < 1.29 is 4.74 Å². The number of nitrogens with two attached hydrogens (primary N) is 1. The second-order valence-electron chi connectivity index (χ2n) is 5.24. The number of likely N-dealkylation sites (tertiary alicyclic amines) is 1. The lowest BCUT2D eigenvalue weighted by Gasteiger charge is -2.18. The van der Waals surface area contributed by atoms with E-state index < -0.39 is 0 Å². The van der Waals surface area contributed by atoms with E-state index in [2.05, 4.69) is 9.88 Å². The Balaban J connectivity index is 1.94. The van der Waals surface area contributed by atoms with Gasteiger partial charge in [-0.3, -0.25) is 5.41 Å². The van der Waals surface area contributed by atoms with Gasteiger partial charge in [0.15, 0.2) is 0 Å². The molecule has 0 amide bonds. The fraction of sp³-hybridized carbons (Fsp3) is 0.714. The summed E-state index contributed by atoms with van der Waals surface area (Å²) < 4.78 is 5.12. The van der Waals surface area contributed by atoms with Crippen LogP contribution in [-0.4, -0.2) is 42.5 Å². The lowest BCUT2D eigenvalue weighted by Crippen LogP contribution is -2.26. The highest BCUT2D eigenvalue weighted by Crippen LogP contribution is 2.20. The summed E-state index contributed by atoms with van der Waals surface area (Å²) in [7, 11) is 1.64. The van der Waals surface area contributed by atoms with Crippen LogP contribution in [0.1, 0.15) is 41.3 Å². The molecule has 1 aliphatic rings. The Morgan fingerprint density at radius 1 is 1.35 bits per heavy atom. The molecule has 0 aromatic carbocycles. The van der Waals surface area contributed by atoms with E-state index >= 15 is 0 Å². The molecule has 2 heterocycles. The number of amidine groups is 1. The molecule has 0 unspecified atom stereocenters. The molecule has 2 rings (SSSR count). The van der Waals surface area contributed by atoms with Gasteiger partial charge in [0, 0.05) is 20.1 Å². The van der Waals surface area contributed by atoms with Crippen LogP contribution < -0.4 is 5.73 Å². The van der Waals surface area contributed by atoms with Crippen LogP contribution in [0.4, 0.5) is 0 Å². The molecule has 0 radical (unpaired) electrons. The fourth-order valence-electron chi connectivity index (χ4n) is 2.57. The lowest BCUT2D eigenvalue weighted by atomic mass is 10.2. The van der Waals surface area contributed by atoms with Crippen LogP contribution in [0.3, 0.4) is 0 Å². The molecule has 5 nitrogen and oxygen atoms in total. The van der Waals surface area contributed by atoms with Crippen molar-refractivity contribution in [1.29, 1.82) is 5.41 Å². The van der Waals surface area contributed by atoms with E-state index in [4.69, 9.17) is 15.9 Å². The molecule has 1 aliphatic heterocycles. The number of nitrogens with zero attached hydrogens (tertiary/aromatic N) is 2. The summed E-state index contributed by atoms with van der Waals surface area (Å²) in [4.78, 5) is 7.86. The molecule has 112 valence electrons. The smallest absolute Gasteiger partial charge is 0.135 e. The largest absolute Gasteiger partial charge is 0.383 e. The van der Waals surface area contributed by atoms with E-state index in [9.17, 15) is 0 Å². The number of rotatable bonds is 6. The first-order valence-corrected chi connectivity index (χ1v) is 8.06. The van der Waals surface area contributed by atoms with E-state index in [0.717, 1.165) is 28.5 Å². The van der Waals surface area contributed by atoms with Crippen molar-refractivity contribution in [3.8, 4) is 0 Å². The van der Waals surface area contributed by atoms with Gasteiger partial charge in [0.05, 0.1) is 22.2 Å². The van der Waals surface area contributed by atoms with Gasteiger partial charge in [0.25, 0.3) is 0 Å². The zero-order valence-electron chi connectivity index (χ0n) is 12.2. The fourth-order valence-corrected chi connectivity index (χ4v) is 3.48. The van der Waals surface area contributed by atoms with E-state index in [-0.39, 0.29) is 5.84 Å². The topological polar surface area (TPSA) is 75.2 Å². The second kappa shape index (κ2) is 7.71. The first-order chi connectivity index (χ1) is 9.70. The summed E-state index contributed by atoms with van der Waals surface area (Å²) >= 11 is 1.53. The Morgan fingerprint density at radius 2 is 2.05 bits per heavy atom. The average molecular weight is 296 g/mol. The highest BCUT2D eigenvalue weighted by atomic mass is 32.1. The number of nitrogen functional groups attached to an aromatic ring is 1. The first kappa shape index (κ1) is 15.4.